The molecule has 1 heterocycles. The first-order valence-electron chi connectivity index (χ1n) is 7.76. The van der Waals surface area contributed by atoms with Crippen molar-refractivity contribution in [1.29, 1.82) is 0 Å². The smallest absolute Gasteiger partial charge is 0.261 e. The van der Waals surface area contributed by atoms with Crippen LogP contribution in [0.4, 0.5) is 0 Å². The molecule has 0 aromatic heterocycles. The summed E-state index contributed by atoms with van der Waals surface area (Å²) in [6, 6.07) is 17.4. The van der Waals surface area contributed by atoms with Crippen LogP contribution in [0.25, 0.3) is 0 Å². The third-order valence-electron chi connectivity index (χ3n) is 4.07. The van der Waals surface area contributed by atoms with Gasteiger partial charge < -0.3 is 0 Å². The monoisotopic (exact) mass is 293 g/mol. The highest BCUT2D eigenvalue weighted by atomic mass is 16.2. The van der Waals surface area contributed by atoms with Crippen LogP contribution < -0.4 is 0 Å². The van der Waals surface area contributed by atoms with Gasteiger partial charge in [0.1, 0.15) is 0 Å². The predicted octanol–water partition coefficient (Wildman–Crippen LogP) is 3.70. The zero-order valence-electron chi connectivity index (χ0n) is 12.5. The zero-order chi connectivity index (χ0) is 15.4. The van der Waals surface area contributed by atoms with E-state index < -0.39 is 0 Å². The number of carbonyl (C=O) groups excluding carboxylic acids is 2. The Hall–Kier alpha value is -2.42. The Labute approximate surface area is 130 Å². The van der Waals surface area contributed by atoms with Gasteiger partial charge in [0.2, 0.25) is 0 Å². The molecule has 0 bridgehead atoms. The van der Waals surface area contributed by atoms with Crippen LogP contribution in [0.5, 0.6) is 0 Å². The Morgan fingerprint density at radius 2 is 1.27 bits per heavy atom. The fourth-order valence-corrected chi connectivity index (χ4v) is 2.86. The lowest BCUT2D eigenvalue weighted by Crippen LogP contribution is -2.30. The maximum Gasteiger partial charge on any atom is 0.261 e. The van der Waals surface area contributed by atoms with E-state index in [9.17, 15) is 9.59 Å². The molecule has 0 radical (unpaired) electrons. The van der Waals surface area contributed by atoms with Gasteiger partial charge in [-0.1, -0.05) is 48.9 Å². The molecule has 0 aliphatic carbocycles. The first-order valence-corrected chi connectivity index (χ1v) is 7.76. The summed E-state index contributed by atoms with van der Waals surface area (Å²) in [5.41, 5.74) is 2.41. The van der Waals surface area contributed by atoms with Crippen molar-refractivity contribution in [2.75, 3.05) is 6.54 Å². The van der Waals surface area contributed by atoms with Crippen LogP contribution >= 0.6 is 0 Å². The van der Waals surface area contributed by atoms with Crippen LogP contribution in [0, 0.1) is 0 Å². The predicted molar refractivity (Wildman–Crippen MR) is 85.8 cm³/mol. The second-order valence-corrected chi connectivity index (χ2v) is 5.60. The van der Waals surface area contributed by atoms with Gasteiger partial charge in [-0.25, -0.2) is 0 Å². The van der Waals surface area contributed by atoms with E-state index in [1.807, 2.05) is 18.2 Å². The lowest BCUT2D eigenvalue weighted by molar-refractivity contribution is 0.0651. The average Bonchev–Trinajstić information content (AvgIpc) is 2.81. The third-order valence-corrected chi connectivity index (χ3v) is 4.07. The van der Waals surface area contributed by atoms with E-state index in [2.05, 4.69) is 12.1 Å². The number of hydrogen-bond acceptors (Lipinski definition) is 2. The third kappa shape index (κ3) is 2.93. The molecule has 22 heavy (non-hydrogen) atoms. The maximum absolute atomic E-state index is 12.2. The molecule has 1 aliphatic heterocycles. The normalized spacial score (nSPS) is 13.5. The summed E-state index contributed by atoms with van der Waals surface area (Å²) in [5, 5.41) is 0. The van der Waals surface area contributed by atoms with E-state index >= 15 is 0 Å². The number of hydrogen-bond donors (Lipinski definition) is 0. The van der Waals surface area contributed by atoms with Crippen molar-refractivity contribution in [3.8, 4) is 0 Å². The average molecular weight is 293 g/mol. The minimum Gasteiger partial charge on any atom is -0.274 e. The molecule has 0 saturated carbocycles. The van der Waals surface area contributed by atoms with Gasteiger partial charge >= 0.3 is 0 Å². The van der Waals surface area contributed by atoms with Gasteiger partial charge in [0.15, 0.2) is 0 Å². The molecule has 1 aliphatic rings. The molecule has 0 fully saturated rings. The number of fused-ring (bicyclic) bond motifs is 1. The lowest BCUT2D eigenvalue weighted by Gasteiger charge is -2.13. The van der Waals surface area contributed by atoms with Crippen LogP contribution in [0.2, 0.25) is 0 Å². The highest BCUT2D eigenvalue weighted by Crippen LogP contribution is 2.22. The summed E-state index contributed by atoms with van der Waals surface area (Å²) in [4.78, 5) is 25.8. The summed E-state index contributed by atoms with van der Waals surface area (Å²) >= 11 is 0. The van der Waals surface area contributed by atoms with Crippen molar-refractivity contribution in [2.24, 2.45) is 0 Å². The SMILES string of the molecule is O=C1c2ccccc2C(=O)N1CCCCCc1ccccc1. The summed E-state index contributed by atoms with van der Waals surface area (Å²) in [6.45, 7) is 0.515. The number of carbonyl (C=O) groups is 2. The number of amides is 2. The van der Waals surface area contributed by atoms with Crippen LogP contribution in [0.15, 0.2) is 54.6 Å². The molecule has 0 unspecified atom stereocenters. The largest absolute Gasteiger partial charge is 0.274 e. The first-order chi connectivity index (χ1) is 10.8. The molecule has 112 valence electrons. The topological polar surface area (TPSA) is 37.4 Å². The van der Waals surface area contributed by atoms with Gasteiger partial charge in [0, 0.05) is 6.54 Å². The molecule has 0 atom stereocenters. The highest BCUT2D eigenvalue weighted by molar-refractivity contribution is 6.21. The molecule has 3 heteroatoms. The highest BCUT2D eigenvalue weighted by Gasteiger charge is 2.34. The fourth-order valence-electron chi connectivity index (χ4n) is 2.86. The Balaban J connectivity index is 1.47. The van der Waals surface area contributed by atoms with Crippen LogP contribution in [-0.2, 0) is 6.42 Å². The van der Waals surface area contributed by atoms with Crippen molar-refractivity contribution in [1.82, 2.24) is 4.90 Å². The van der Waals surface area contributed by atoms with Crippen molar-refractivity contribution in [3.05, 3.63) is 71.3 Å². The number of aryl methyl sites for hydroxylation is 1. The maximum atomic E-state index is 12.2. The van der Waals surface area contributed by atoms with E-state index in [-0.39, 0.29) is 11.8 Å². The second-order valence-electron chi connectivity index (χ2n) is 5.60. The molecule has 2 aromatic carbocycles. The van der Waals surface area contributed by atoms with Crippen molar-refractivity contribution >= 4 is 11.8 Å². The Kier molecular flexibility index (Phi) is 4.33. The van der Waals surface area contributed by atoms with E-state index in [1.54, 1.807) is 24.3 Å². The Morgan fingerprint density at radius 1 is 0.682 bits per heavy atom. The van der Waals surface area contributed by atoms with Gasteiger partial charge in [-0.2, -0.15) is 0 Å². The standard InChI is InChI=1S/C19H19NO2/c21-18-16-12-6-7-13-17(16)19(22)20(18)14-8-2-5-11-15-9-3-1-4-10-15/h1,3-4,6-7,9-10,12-13H,2,5,8,11,14H2. The summed E-state index contributed by atoms with van der Waals surface area (Å²) < 4.78 is 0. The lowest BCUT2D eigenvalue weighted by atomic mass is 10.1. The Bertz CT molecular complexity index is 644. The summed E-state index contributed by atoms with van der Waals surface area (Å²) in [7, 11) is 0. The number of nitrogens with zero attached hydrogens (tertiary/aromatic N) is 1. The molecular formula is C19H19NO2. The van der Waals surface area contributed by atoms with E-state index in [0.717, 1.165) is 25.7 Å². The van der Waals surface area contributed by atoms with E-state index in [0.29, 0.717) is 17.7 Å². The fraction of sp³-hybridized carbons (Fsp3) is 0.263. The first kappa shape index (κ1) is 14.5. The van der Waals surface area contributed by atoms with Gasteiger partial charge in [-0.3, -0.25) is 14.5 Å². The Morgan fingerprint density at radius 3 is 1.91 bits per heavy atom. The molecule has 3 nitrogen and oxygen atoms in total. The van der Waals surface area contributed by atoms with Crippen molar-refractivity contribution < 1.29 is 9.59 Å². The summed E-state index contributed by atoms with van der Waals surface area (Å²) in [5.74, 6) is -0.299. The molecule has 0 saturated heterocycles. The number of imide groups is 1. The molecule has 0 N–H and O–H groups in total. The molecule has 0 spiro atoms. The molecule has 3 rings (SSSR count). The second kappa shape index (κ2) is 6.56. The van der Waals surface area contributed by atoms with Gasteiger partial charge in [0.25, 0.3) is 11.8 Å². The van der Waals surface area contributed by atoms with Crippen molar-refractivity contribution in [2.45, 2.75) is 25.7 Å². The van der Waals surface area contributed by atoms with Gasteiger partial charge in [-0.15, -0.1) is 0 Å². The minimum absolute atomic E-state index is 0.149. The molecular weight excluding hydrogens is 274 g/mol. The zero-order valence-corrected chi connectivity index (χ0v) is 12.5. The van der Waals surface area contributed by atoms with Crippen LogP contribution in [0.1, 0.15) is 45.5 Å². The quantitative estimate of drug-likeness (QED) is 0.601. The molecule has 2 aromatic rings. The van der Waals surface area contributed by atoms with Gasteiger partial charge in [0.05, 0.1) is 11.1 Å². The molecule has 2 amide bonds. The number of unbranched alkanes of at least 4 members (excludes halogenated alkanes) is 2. The van der Waals surface area contributed by atoms with E-state index in [4.69, 9.17) is 0 Å². The van der Waals surface area contributed by atoms with E-state index in [1.165, 1.54) is 10.5 Å². The minimum atomic E-state index is -0.149. The van der Waals surface area contributed by atoms with Crippen molar-refractivity contribution in [3.63, 3.8) is 0 Å². The van der Waals surface area contributed by atoms with Crippen LogP contribution in [-0.4, -0.2) is 23.3 Å². The summed E-state index contributed by atoms with van der Waals surface area (Å²) in [6.07, 6.45) is 4.00. The van der Waals surface area contributed by atoms with Gasteiger partial charge in [-0.05, 0) is 37.0 Å². The number of rotatable bonds is 6. The van der Waals surface area contributed by atoms with Crippen LogP contribution in [0.3, 0.4) is 0 Å². The number of benzene rings is 2.